The van der Waals surface area contributed by atoms with Gasteiger partial charge in [-0.2, -0.15) is 15.2 Å². The van der Waals surface area contributed by atoms with Crippen LogP contribution in [0.2, 0.25) is 5.02 Å². The minimum absolute atomic E-state index is 0.00826. The molecule has 2 aromatic heterocycles. The number of nitrogens with zero attached hydrogens (tertiary/aromatic N) is 6. The Bertz CT molecular complexity index is 1290. The molecule has 1 atom stereocenters. The van der Waals surface area contributed by atoms with Crippen LogP contribution in [-0.2, 0) is 0 Å². The number of hydrogen-bond donors (Lipinski definition) is 0. The highest BCUT2D eigenvalue weighted by Gasteiger charge is 2.36. The molecule has 1 unspecified atom stereocenters. The van der Waals surface area contributed by atoms with E-state index in [0.717, 1.165) is 22.3 Å². The number of likely N-dealkylation sites (tertiary alicyclic amines) is 1. The molecule has 0 bridgehead atoms. The first-order valence-corrected chi connectivity index (χ1v) is 10.5. The first kappa shape index (κ1) is 20.3. The minimum atomic E-state index is -0.584. The van der Waals surface area contributed by atoms with Crippen molar-refractivity contribution >= 4 is 17.5 Å². The topological polar surface area (TPSA) is 89.9 Å². The maximum Gasteiger partial charge on any atom is 0.256 e. The molecule has 2 aromatic carbocycles. The minimum Gasteiger partial charge on any atom is -0.337 e. The molecular weight excluding hydrogens is 435 g/mol. The van der Waals surface area contributed by atoms with Crippen molar-refractivity contribution in [3.05, 3.63) is 76.6 Å². The van der Waals surface area contributed by atoms with Crippen LogP contribution in [0.3, 0.4) is 0 Å². The summed E-state index contributed by atoms with van der Waals surface area (Å²) in [6, 6.07) is 9.40. The van der Waals surface area contributed by atoms with Crippen molar-refractivity contribution in [1.82, 2.24) is 30.0 Å². The van der Waals surface area contributed by atoms with Crippen molar-refractivity contribution in [3.63, 3.8) is 0 Å². The van der Waals surface area contributed by atoms with Crippen LogP contribution in [0.1, 0.15) is 40.7 Å². The van der Waals surface area contributed by atoms with Gasteiger partial charge in [0, 0.05) is 17.1 Å². The van der Waals surface area contributed by atoms with Gasteiger partial charge in [-0.25, -0.2) is 4.39 Å². The Kier molecular flexibility index (Phi) is 5.18. The number of carbonyl (C=O) groups is 1. The van der Waals surface area contributed by atoms with E-state index in [-0.39, 0.29) is 17.2 Å². The first-order chi connectivity index (χ1) is 15.5. The van der Waals surface area contributed by atoms with Crippen LogP contribution in [0.15, 0.2) is 53.3 Å². The number of hydrogen-bond acceptors (Lipinski definition) is 6. The van der Waals surface area contributed by atoms with Gasteiger partial charge >= 0.3 is 0 Å². The molecule has 1 aliphatic rings. The Morgan fingerprint density at radius 2 is 1.97 bits per heavy atom. The second kappa shape index (κ2) is 8.16. The summed E-state index contributed by atoms with van der Waals surface area (Å²) in [5, 5.41) is 12.7. The number of aromatic nitrogens is 5. The summed E-state index contributed by atoms with van der Waals surface area (Å²) in [4.78, 5) is 20.7. The molecule has 0 saturated carbocycles. The Balaban J connectivity index is 1.48. The lowest BCUT2D eigenvalue weighted by Crippen LogP contribution is -2.32. The number of rotatable bonds is 4. The molecule has 4 aromatic rings. The average molecular weight is 453 g/mol. The molecule has 1 amide bonds. The summed E-state index contributed by atoms with van der Waals surface area (Å²) in [6.45, 7) is 2.37. The fourth-order valence-electron chi connectivity index (χ4n) is 3.97. The van der Waals surface area contributed by atoms with E-state index < -0.39 is 11.9 Å². The Morgan fingerprint density at radius 1 is 1.19 bits per heavy atom. The van der Waals surface area contributed by atoms with E-state index in [1.807, 2.05) is 19.1 Å². The van der Waals surface area contributed by atoms with Crippen molar-refractivity contribution in [1.29, 1.82) is 0 Å². The molecule has 0 aliphatic carbocycles. The quantitative estimate of drug-likeness (QED) is 0.456. The zero-order valence-electron chi connectivity index (χ0n) is 17.1. The maximum atomic E-state index is 14.6. The molecular formula is C22H18ClFN6O2. The molecule has 0 N–H and O–H groups in total. The zero-order chi connectivity index (χ0) is 22.2. The number of para-hydroxylation sites is 1. The molecule has 3 heterocycles. The second-order valence-corrected chi connectivity index (χ2v) is 7.89. The smallest absolute Gasteiger partial charge is 0.256 e. The largest absolute Gasteiger partial charge is 0.337 e. The van der Waals surface area contributed by atoms with E-state index in [4.69, 9.17) is 16.1 Å². The van der Waals surface area contributed by atoms with Crippen LogP contribution in [0.25, 0.3) is 17.1 Å². The first-order valence-electron chi connectivity index (χ1n) is 10.1. The molecule has 32 heavy (non-hydrogen) atoms. The summed E-state index contributed by atoms with van der Waals surface area (Å²) >= 11 is 6.22. The van der Waals surface area contributed by atoms with Crippen molar-refractivity contribution in [2.24, 2.45) is 0 Å². The van der Waals surface area contributed by atoms with E-state index in [1.165, 1.54) is 24.5 Å². The third-order valence-corrected chi connectivity index (χ3v) is 5.99. The number of amides is 1. The molecule has 1 aliphatic heterocycles. The van der Waals surface area contributed by atoms with Crippen LogP contribution in [0, 0.1) is 12.7 Å². The van der Waals surface area contributed by atoms with E-state index >= 15 is 0 Å². The lowest BCUT2D eigenvalue weighted by molar-refractivity contribution is 0.0709. The van der Waals surface area contributed by atoms with Gasteiger partial charge in [-0.1, -0.05) is 35.0 Å². The molecule has 0 spiro atoms. The highest BCUT2D eigenvalue weighted by atomic mass is 35.5. The molecule has 162 valence electrons. The van der Waals surface area contributed by atoms with Crippen LogP contribution in [0.5, 0.6) is 0 Å². The Morgan fingerprint density at radius 3 is 2.78 bits per heavy atom. The third kappa shape index (κ3) is 3.44. The maximum absolute atomic E-state index is 14.6. The van der Waals surface area contributed by atoms with Crippen LogP contribution >= 0.6 is 11.6 Å². The summed E-state index contributed by atoms with van der Waals surface area (Å²) < 4.78 is 20.2. The van der Waals surface area contributed by atoms with E-state index in [9.17, 15) is 9.18 Å². The average Bonchev–Trinajstić information content (AvgIpc) is 3.56. The lowest BCUT2D eigenvalue weighted by Gasteiger charge is -2.23. The Hall–Kier alpha value is -3.59. The van der Waals surface area contributed by atoms with Gasteiger partial charge in [-0.05, 0) is 43.5 Å². The van der Waals surface area contributed by atoms with Crippen LogP contribution in [0.4, 0.5) is 4.39 Å². The highest BCUT2D eigenvalue weighted by Crippen LogP contribution is 2.35. The predicted molar refractivity (Wildman–Crippen MR) is 114 cm³/mol. The standard InChI is InChI=1S/C22H18ClFN6O2/c1-13-14(5-2-7-16(13)23)20-27-21(32-28-20)18-9-4-12-29(18)22(31)15-6-3-8-17(24)19(15)30-25-10-11-26-30/h2-3,5-8,10-11,18H,4,9,12H2,1H3. The van der Waals surface area contributed by atoms with Gasteiger partial charge < -0.3 is 9.42 Å². The van der Waals surface area contributed by atoms with Crippen molar-refractivity contribution < 1.29 is 13.7 Å². The monoisotopic (exact) mass is 452 g/mol. The van der Waals surface area contributed by atoms with Gasteiger partial charge in [0.15, 0.2) is 5.82 Å². The SMILES string of the molecule is Cc1c(Cl)cccc1-c1noc(C2CCCN2C(=O)c2cccc(F)c2-n2nccn2)n1. The van der Waals surface area contributed by atoms with Crippen LogP contribution < -0.4 is 0 Å². The summed E-state index contributed by atoms with van der Waals surface area (Å²) in [7, 11) is 0. The number of halogens is 2. The molecule has 8 nitrogen and oxygen atoms in total. The van der Waals surface area contributed by atoms with Crippen molar-refractivity contribution in [3.8, 4) is 17.1 Å². The third-order valence-electron chi connectivity index (χ3n) is 5.58. The van der Waals surface area contributed by atoms with E-state index in [1.54, 1.807) is 17.0 Å². The van der Waals surface area contributed by atoms with E-state index in [2.05, 4.69) is 20.3 Å². The molecule has 0 radical (unpaired) electrons. The zero-order valence-corrected chi connectivity index (χ0v) is 17.8. The molecule has 5 rings (SSSR count). The van der Waals surface area contributed by atoms with Crippen molar-refractivity contribution in [2.45, 2.75) is 25.8 Å². The molecule has 10 heteroatoms. The summed E-state index contributed by atoms with van der Waals surface area (Å²) in [6.07, 6.45) is 4.27. The van der Waals surface area contributed by atoms with E-state index in [0.29, 0.717) is 29.7 Å². The van der Waals surface area contributed by atoms with Gasteiger partial charge in [-0.3, -0.25) is 4.79 Å². The fraction of sp³-hybridized carbons (Fsp3) is 0.227. The van der Waals surface area contributed by atoms with Gasteiger partial charge in [-0.15, -0.1) is 4.80 Å². The number of carbonyl (C=O) groups excluding carboxylic acids is 1. The van der Waals surface area contributed by atoms with Crippen molar-refractivity contribution in [2.75, 3.05) is 6.54 Å². The normalized spacial score (nSPS) is 16.0. The van der Waals surface area contributed by atoms with Gasteiger partial charge in [0.25, 0.3) is 5.91 Å². The van der Waals surface area contributed by atoms with Gasteiger partial charge in [0.2, 0.25) is 11.7 Å². The van der Waals surface area contributed by atoms with Gasteiger partial charge in [0.1, 0.15) is 11.7 Å². The molecule has 1 fully saturated rings. The lowest BCUT2D eigenvalue weighted by atomic mass is 10.1. The fourth-order valence-corrected chi connectivity index (χ4v) is 4.15. The van der Waals surface area contributed by atoms with Crippen LogP contribution in [-0.4, -0.2) is 42.5 Å². The summed E-state index contributed by atoms with van der Waals surface area (Å²) in [5.41, 5.74) is 1.78. The number of benzene rings is 2. The predicted octanol–water partition coefficient (Wildman–Crippen LogP) is 4.40. The highest BCUT2D eigenvalue weighted by molar-refractivity contribution is 6.31. The molecule has 1 saturated heterocycles. The second-order valence-electron chi connectivity index (χ2n) is 7.48. The summed E-state index contributed by atoms with van der Waals surface area (Å²) in [5.74, 6) is -0.191. The van der Waals surface area contributed by atoms with Gasteiger partial charge in [0.05, 0.1) is 18.0 Å². The Labute approximate surface area is 187 Å².